The molecule has 2 N–H and O–H groups in total. The van der Waals surface area contributed by atoms with E-state index < -0.39 is 0 Å². The summed E-state index contributed by atoms with van der Waals surface area (Å²) in [5.74, 6) is 1.43. The number of benzene rings is 1. The molecule has 1 fully saturated rings. The molecule has 0 saturated heterocycles. The van der Waals surface area contributed by atoms with Gasteiger partial charge in [-0.3, -0.25) is 0 Å². The van der Waals surface area contributed by atoms with Crippen molar-refractivity contribution in [1.29, 1.82) is 0 Å². The third kappa shape index (κ3) is 2.46. The molecule has 92 valence electrons. The van der Waals surface area contributed by atoms with Crippen LogP contribution in [0.1, 0.15) is 24.6 Å². The molecule has 1 heterocycles. The van der Waals surface area contributed by atoms with Crippen LogP contribution >= 0.6 is 11.8 Å². The number of hydrogen-bond donors (Lipinski definition) is 1. The molecule has 2 aromatic rings. The van der Waals surface area contributed by atoms with Crippen molar-refractivity contribution in [2.24, 2.45) is 0 Å². The Balaban J connectivity index is 1.90. The molecule has 0 radical (unpaired) electrons. The molecule has 0 spiro atoms. The quantitative estimate of drug-likeness (QED) is 0.862. The van der Waals surface area contributed by atoms with Gasteiger partial charge in [-0.15, -0.1) is 0 Å². The van der Waals surface area contributed by atoms with Crippen molar-refractivity contribution in [1.82, 2.24) is 9.97 Å². The van der Waals surface area contributed by atoms with Crippen molar-refractivity contribution in [3.05, 3.63) is 42.0 Å². The minimum atomic E-state index is -0.243. The van der Waals surface area contributed by atoms with Crippen LogP contribution in [0.4, 0.5) is 10.2 Å². The third-order valence-electron chi connectivity index (χ3n) is 2.73. The molecular formula is C13H12FN3S. The topological polar surface area (TPSA) is 51.8 Å². The number of halogens is 1. The standard InChI is InChI=1S/C13H12FN3S/c14-9-3-1-2-4-10(9)18-12-7-11(15)16-13(17-12)8-5-6-8/h1-4,7-8H,5-6H2,(H2,15,16,17). The van der Waals surface area contributed by atoms with E-state index >= 15 is 0 Å². The van der Waals surface area contributed by atoms with Crippen LogP contribution in [0.5, 0.6) is 0 Å². The van der Waals surface area contributed by atoms with Crippen molar-refractivity contribution in [3.8, 4) is 0 Å². The van der Waals surface area contributed by atoms with Gasteiger partial charge in [-0.1, -0.05) is 23.9 Å². The van der Waals surface area contributed by atoms with E-state index in [9.17, 15) is 4.39 Å². The van der Waals surface area contributed by atoms with E-state index in [1.54, 1.807) is 24.3 Å². The van der Waals surface area contributed by atoms with Gasteiger partial charge in [0.15, 0.2) is 0 Å². The highest BCUT2D eigenvalue weighted by Crippen LogP contribution is 2.39. The summed E-state index contributed by atoms with van der Waals surface area (Å²) in [6.07, 6.45) is 2.24. The first kappa shape index (κ1) is 11.5. The maximum atomic E-state index is 13.6. The first-order valence-electron chi connectivity index (χ1n) is 5.79. The van der Waals surface area contributed by atoms with E-state index in [1.807, 2.05) is 0 Å². The zero-order valence-electron chi connectivity index (χ0n) is 9.64. The summed E-state index contributed by atoms with van der Waals surface area (Å²) < 4.78 is 13.6. The van der Waals surface area contributed by atoms with Crippen LogP contribution in [-0.2, 0) is 0 Å². The van der Waals surface area contributed by atoms with Crippen LogP contribution in [0, 0.1) is 5.82 Å². The molecule has 1 aromatic heterocycles. The van der Waals surface area contributed by atoms with Gasteiger partial charge < -0.3 is 5.73 Å². The highest BCUT2D eigenvalue weighted by Gasteiger charge is 2.27. The maximum absolute atomic E-state index is 13.6. The predicted molar refractivity (Wildman–Crippen MR) is 68.9 cm³/mol. The fraction of sp³-hybridized carbons (Fsp3) is 0.231. The van der Waals surface area contributed by atoms with Gasteiger partial charge in [-0.05, 0) is 25.0 Å². The Labute approximate surface area is 109 Å². The Kier molecular flexibility index (Phi) is 2.91. The lowest BCUT2D eigenvalue weighted by atomic mass is 10.3. The second kappa shape index (κ2) is 4.57. The van der Waals surface area contributed by atoms with Crippen LogP contribution in [-0.4, -0.2) is 9.97 Å². The van der Waals surface area contributed by atoms with Crippen LogP contribution in [0.15, 0.2) is 40.3 Å². The summed E-state index contributed by atoms with van der Waals surface area (Å²) in [6.45, 7) is 0. The van der Waals surface area contributed by atoms with Crippen LogP contribution < -0.4 is 5.73 Å². The number of hydrogen-bond acceptors (Lipinski definition) is 4. The van der Waals surface area contributed by atoms with Gasteiger partial charge in [0.25, 0.3) is 0 Å². The first-order chi connectivity index (χ1) is 8.72. The van der Waals surface area contributed by atoms with Crippen LogP contribution in [0.2, 0.25) is 0 Å². The second-order valence-corrected chi connectivity index (χ2v) is 5.36. The Morgan fingerprint density at radius 2 is 2.00 bits per heavy atom. The summed E-state index contributed by atoms with van der Waals surface area (Å²) >= 11 is 1.28. The fourth-order valence-electron chi connectivity index (χ4n) is 1.68. The smallest absolute Gasteiger partial charge is 0.137 e. The van der Waals surface area contributed by atoms with Crippen LogP contribution in [0.3, 0.4) is 0 Å². The van der Waals surface area contributed by atoms with Crippen molar-refractivity contribution in [2.45, 2.75) is 28.7 Å². The summed E-state index contributed by atoms with van der Waals surface area (Å²) in [6, 6.07) is 8.33. The molecule has 0 bridgehead atoms. The largest absolute Gasteiger partial charge is 0.384 e. The summed E-state index contributed by atoms with van der Waals surface area (Å²) in [4.78, 5) is 9.21. The van der Waals surface area contributed by atoms with E-state index in [0.717, 1.165) is 18.7 Å². The van der Waals surface area contributed by atoms with Gasteiger partial charge in [-0.25, -0.2) is 14.4 Å². The number of nitrogens with two attached hydrogens (primary N) is 1. The van der Waals surface area contributed by atoms with E-state index in [1.165, 1.54) is 17.8 Å². The number of rotatable bonds is 3. The molecule has 3 rings (SSSR count). The van der Waals surface area contributed by atoms with Crippen molar-refractivity contribution < 1.29 is 4.39 Å². The molecule has 0 amide bonds. The monoisotopic (exact) mass is 261 g/mol. The number of nitrogens with zero attached hydrogens (tertiary/aromatic N) is 2. The zero-order valence-corrected chi connectivity index (χ0v) is 10.5. The maximum Gasteiger partial charge on any atom is 0.137 e. The van der Waals surface area contributed by atoms with Gasteiger partial charge in [0, 0.05) is 16.9 Å². The Hall–Kier alpha value is -1.62. The summed E-state index contributed by atoms with van der Waals surface area (Å²) in [5.41, 5.74) is 5.76. The average Bonchev–Trinajstić information content (AvgIpc) is 3.15. The molecule has 0 unspecified atom stereocenters. The molecule has 3 nitrogen and oxygen atoms in total. The summed E-state index contributed by atoms with van der Waals surface area (Å²) in [5, 5.41) is 0.703. The van der Waals surface area contributed by atoms with E-state index in [2.05, 4.69) is 9.97 Å². The highest BCUT2D eigenvalue weighted by atomic mass is 32.2. The van der Waals surface area contributed by atoms with Gasteiger partial charge in [0.1, 0.15) is 22.5 Å². The minimum Gasteiger partial charge on any atom is -0.384 e. The molecule has 0 atom stereocenters. The normalized spacial score (nSPS) is 14.7. The molecule has 0 aliphatic heterocycles. The van der Waals surface area contributed by atoms with E-state index in [-0.39, 0.29) is 5.82 Å². The Morgan fingerprint density at radius 1 is 1.22 bits per heavy atom. The molecule has 5 heteroatoms. The Bertz CT molecular complexity index is 584. The lowest BCUT2D eigenvalue weighted by molar-refractivity contribution is 0.602. The van der Waals surface area contributed by atoms with Crippen molar-refractivity contribution in [3.63, 3.8) is 0 Å². The van der Waals surface area contributed by atoms with Gasteiger partial charge in [0.05, 0.1) is 0 Å². The van der Waals surface area contributed by atoms with Gasteiger partial charge in [0.2, 0.25) is 0 Å². The van der Waals surface area contributed by atoms with Gasteiger partial charge in [-0.2, -0.15) is 0 Å². The van der Waals surface area contributed by atoms with E-state index in [0.29, 0.717) is 21.7 Å². The number of anilines is 1. The first-order valence-corrected chi connectivity index (χ1v) is 6.61. The lowest BCUT2D eigenvalue weighted by Gasteiger charge is -2.05. The highest BCUT2D eigenvalue weighted by molar-refractivity contribution is 7.99. The zero-order chi connectivity index (χ0) is 12.5. The Morgan fingerprint density at radius 3 is 2.72 bits per heavy atom. The number of aromatic nitrogens is 2. The predicted octanol–water partition coefficient (Wildman–Crippen LogP) is 3.23. The SMILES string of the molecule is Nc1cc(Sc2ccccc2F)nc(C2CC2)n1. The van der Waals surface area contributed by atoms with Crippen molar-refractivity contribution in [2.75, 3.05) is 5.73 Å². The molecule has 1 saturated carbocycles. The molecule has 1 aliphatic carbocycles. The lowest BCUT2D eigenvalue weighted by Crippen LogP contribution is -1.99. The van der Waals surface area contributed by atoms with Gasteiger partial charge >= 0.3 is 0 Å². The molecule has 1 aliphatic rings. The third-order valence-corrected chi connectivity index (χ3v) is 3.70. The summed E-state index contributed by atoms with van der Waals surface area (Å²) in [7, 11) is 0. The average molecular weight is 261 g/mol. The van der Waals surface area contributed by atoms with Crippen LogP contribution in [0.25, 0.3) is 0 Å². The van der Waals surface area contributed by atoms with E-state index in [4.69, 9.17) is 5.73 Å². The minimum absolute atomic E-state index is 0.243. The second-order valence-electron chi connectivity index (χ2n) is 4.30. The number of nitrogen functional groups attached to an aromatic ring is 1. The molecular weight excluding hydrogens is 249 g/mol. The van der Waals surface area contributed by atoms with Crippen molar-refractivity contribution >= 4 is 17.6 Å². The molecule has 1 aromatic carbocycles. The fourth-order valence-corrected chi connectivity index (χ4v) is 2.53. The molecule has 18 heavy (non-hydrogen) atoms.